The molecule has 0 fully saturated rings. The molecule has 0 saturated carbocycles. The van der Waals surface area contributed by atoms with Gasteiger partial charge in [0.2, 0.25) is 0 Å². The summed E-state index contributed by atoms with van der Waals surface area (Å²) in [4.78, 5) is 13.0. The Morgan fingerprint density at radius 1 is 1.41 bits per heavy atom. The molecule has 0 spiro atoms. The van der Waals surface area contributed by atoms with Crippen molar-refractivity contribution >= 4 is 5.97 Å². The van der Waals surface area contributed by atoms with E-state index in [1.54, 1.807) is 0 Å². The number of carboxylic acid groups (broad SMARTS) is 1. The Labute approximate surface area is 104 Å². The molecule has 0 bridgehead atoms. The number of carbonyl (C=O) groups is 1. The number of hydrogen-bond donors (Lipinski definition) is 2. The summed E-state index contributed by atoms with van der Waals surface area (Å²) in [7, 11) is 1.98. The monoisotopic (exact) mass is 246 g/mol. The summed E-state index contributed by atoms with van der Waals surface area (Å²) >= 11 is 0. The number of ether oxygens (including phenoxy) is 1. The van der Waals surface area contributed by atoms with Crippen molar-refractivity contribution in [2.24, 2.45) is 0 Å². The summed E-state index contributed by atoms with van der Waals surface area (Å²) in [6, 6.07) is -0.450. The van der Waals surface area contributed by atoms with Gasteiger partial charge in [-0.25, -0.2) is 0 Å². The van der Waals surface area contributed by atoms with E-state index >= 15 is 0 Å². The Morgan fingerprint density at radius 2 is 2.06 bits per heavy atom. The predicted molar refractivity (Wildman–Crippen MR) is 68.3 cm³/mol. The van der Waals surface area contributed by atoms with Gasteiger partial charge in [-0.2, -0.15) is 0 Å². The largest absolute Gasteiger partial charge is 0.480 e. The zero-order chi connectivity index (χ0) is 13.3. The summed E-state index contributed by atoms with van der Waals surface area (Å²) in [5, 5.41) is 11.9. The van der Waals surface area contributed by atoms with Gasteiger partial charge in [0.15, 0.2) is 0 Å². The Balaban J connectivity index is 3.72. The van der Waals surface area contributed by atoms with E-state index in [0.29, 0.717) is 19.6 Å². The third kappa shape index (κ3) is 9.09. The van der Waals surface area contributed by atoms with Crippen LogP contribution in [-0.2, 0) is 9.53 Å². The summed E-state index contributed by atoms with van der Waals surface area (Å²) in [5.74, 6) is -0.779. The number of hydrogen-bond acceptors (Lipinski definition) is 4. The fourth-order valence-electron chi connectivity index (χ4n) is 1.46. The first-order valence-electron chi connectivity index (χ1n) is 6.23. The van der Waals surface area contributed by atoms with Crippen molar-refractivity contribution in [2.75, 3.05) is 33.3 Å². The summed E-state index contributed by atoms with van der Waals surface area (Å²) in [5.41, 5.74) is 0. The number of nitrogens with one attached hydrogen (secondary N) is 1. The zero-order valence-electron chi connectivity index (χ0n) is 11.4. The molecule has 1 unspecified atom stereocenters. The third-order valence-electron chi connectivity index (χ3n) is 2.47. The van der Waals surface area contributed by atoms with Crippen LogP contribution < -0.4 is 5.32 Å². The molecular weight excluding hydrogens is 220 g/mol. The van der Waals surface area contributed by atoms with E-state index in [0.717, 1.165) is 13.1 Å². The fourth-order valence-corrected chi connectivity index (χ4v) is 1.46. The maximum Gasteiger partial charge on any atom is 0.320 e. The molecule has 0 amide bonds. The van der Waals surface area contributed by atoms with Gasteiger partial charge in [0.25, 0.3) is 0 Å². The quantitative estimate of drug-likeness (QED) is 0.597. The van der Waals surface area contributed by atoms with E-state index in [4.69, 9.17) is 9.84 Å². The van der Waals surface area contributed by atoms with Crippen LogP contribution >= 0.6 is 0 Å². The molecule has 0 aliphatic heterocycles. The van der Waals surface area contributed by atoms with Crippen molar-refractivity contribution in [3.63, 3.8) is 0 Å². The van der Waals surface area contributed by atoms with Gasteiger partial charge >= 0.3 is 5.97 Å². The van der Waals surface area contributed by atoms with Crippen molar-refractivity contribution in [3.05, 3.63) is 0 Å². The lowest BCUT2D eigenvalue weighted by Gasteiger charge is -2.20. The number of aliphatic carboxylic acids is 1. The first-order valence-corrected chi connectivity index (χ1v) is 6.23. The Kier molecular flexibility index (Phi) is 9.03. The first kappa shape index (κ1) is 16.4. The molecule has 0 radical (unpaired) electrons. The SMILES string of the molecule is CCNC(CCN(C)CCOC(C)C)C(=O)O. The molecule has 0 saturated heterocycles. The maximum atomic E-state index is 10.9. The van der Waals surface area contributed by atoms with Crippen LogP contribution in [0.5, 0.6) is 0 Å². The van der Waals surface area contributed by atoms with Gasteiger partial charge in [-0.3, -0.25) is 4.79 Å². The topological polar surface area (TPSA) is 61.8 Å². The average Bonchev–Trinajstić information content (AvgIpc) is 2.23. The van der Waals surface area contributed by atoms with E-state index in [2.05, 4.69) is 10.2 Å². The Bertz CT molecular complexity index is 210. The minimum absolute atomic E-state index is 0.247. The first-order chi connectivity index (χ1) is 7.97. The molecular formula is C12H26N2O3. The van der Waals surface area contributed by atoms with Crippen LogP contribution in [0.25, 0.3) is 0 Å². The lowest BCUT2D eigenvalue weighted by atomic mass is 10.2. The molecule has 5 nitrogen and oxygen atoms in total. The highest BCUT2D eigenvalue weighted by Gasteiger charge is 2.15. The standard InChI is InChI=1S/C12H26N2O3/c1-5-13-11(12(15)16)6-7-14(4)8-9-17-10(2)3/h10-11,13H,5-9H2,1-4H3,(H,15,16). The van der Waals surface area contributed by atoms with Gasteiger partial charge in [-0.05, 0) is 40.4 Å². The molecule has 0 aliphatic carbocycles. The molecule has 0 heterocycles. The molecule has 0 aliphatic rings. The van der Waals surface area contributed by atoms with Crippen molar-refractivity contribution in [1.29, 1.82) is 0 Å². The molecule has 2 N–H and O–H groups in total. The second-order valence-electron chi connectivity index (χ2n) is 4.46. The number of rotatable bonds is 10. The molecule has 17 heavy (non-hydrogen) atoms. The van der Waals surface area contributed by atoms with E-state index < -0.39 is 12.0 Å². The molecule has 1 atom stereocenters. The van der Waals surface area contributed by atoms with Gasteiger partial charge < -0.3 is 20.1 Å². The smallest absolute Gasteiger partial charge is 0.320 e. The molecule has 5 heteroatoms. The second kappa shape index (κ2) is 9.39. The van der Waals surface area contributed by atoms with Gasteiger partial charge in [-0.1, -0.05) is 6.92 Å². The molecule has 0 aromatic carbocycles. The maximum absolute atomic E-state index is 10.9. The van der Waals surface area contributed by atoms with Crippen LogP contribution in [0.2, 0.25) is 0 Å². The van der Waals surface area contributed by atoms with Crippen LogP contribution in [0, 0.1) is 0 Å². The fraction of sp³-hybridized carbons (Fsp3) is 0.917. The lowest BCUT2D eigenvalue weighted by molar-refractivity contribution is -0.139. The van der Waals surface area contributed by atoms with Crippen LogP contribution in [0.1, 0.15) is 27.2 Å². The highest BCUT2D eigenvalue weighted by molar-refractivity contribution is 5.73. The molecule has 0 rings (SSSR count). The van der Waals surface area contributed by atoms with Gasteiger partial charge in [0.05, 0.1) is 12.7 Å². The number of nitrogens with zero attached hydrogens (tertiary/aromatic N) is 1. The van der Waals surface area contributed by atoms with Crippen LogP contribution in [0.4, 0.5) is 0 Å². The highest BCUT2D eigenvalue weighted by atomic mass is 16.5. The third-order valence-corrected chi connectivity index (χ3v) is 2.47. The lowest BCUT2D eigenvalue weighted by Crippen LogP contribution is -2.39. The van der Waals surface area contributed by atoms with E-state index in [1.807, 2.05) is 27.8 Å². The van der Waals surface area contributed by atoms with Crippen LogP contribution in [0.3, 0.4) is 0 Å². The number of likely N-dealkylation sites (N-methyl/N-ethyl adjacent to an activating group) is 2. The molecule has 0 aromatic heterocycles. The Morgan fingerprint density at radius 3 is 2.53 bits per heavy atom. The average molecular weight is 246 g/mol. The van der Waals surface area contributed by atoms with Crippen molar-refractivity contribution in [1.82, 2.24) is 10.2 Å². The second-order valence-corrected chi connectivity index (χ2v) is 4.46. The molecule has 0 aromatic rings. The predicted octanol–water partition coefficient (Wildman–Crippen LogP) is 0.796. The van der Waals surface area contributed by atoms with Gasteiger partial charge in [-0.15, -0.1) is 0 Å². The Hall–Kier alpha value is -0.650. The van der Waals surface area contributed by atoms with E-state index in [-0.39, 0.29) is 6.10 Å². The van der Waals surface area contributed by atoms with Crippen molar-refractivity contribution in [3.8, 4) is 0 Å². The van der Waals surface area contributed by atoms with E-state index in [1.165, 1.54) is 0 Å². The summed E-state index contributed by atoms with van der Waals surface area (Å²) in [6.07, 6.45) is 0.860. The summed E-state index contributed by atoms with van der Waals surface area (Å²) < 4.78 is 5.44. The highest BCUT2D eigenvalue weighted by Crippen LogP contribution is 1.96. The minimum atomic E-state index is -0.779. The van der Waals surface area contributed by atoms with Gasteiger partial charge in [0, 0.05) is 6.54 Å². The molecule has 102 valence electrons. The van der Waals surface area contributed by atoms with Gasteiger partial charge in [0.1, 0.15) is 6.04 Å². The number of carboxylic acids is 1. The van der Waals surface area contributed by atoms with Crippen molar-refractivity contribution < 1.29 is 14.6 Å². The zero-order valence-corrected chi connectivity index (χ0v) is 11.4. The minimum Gasteiger partial charge on any atom is -0.480 e. The van der Waals surface area contributed by atoms with Crippen molar-refractivity contribution in [2.45, 2.75) is 39.3 Å². The van der Waals surface area contributed by atoms with E-state index in [9.17, 15) is 4.79 Å². The summed E-state index contributed by atoms with van der Waals surface area (Å²) in [6.45, 7) is 8.87. The normalized spacial score (nSPS) is 13.3. The van der Waals surface area contributed by atoms with Crippen LogP contribution in [-0.4, -0.2) is 61.4 Å². The van der Waals surface area contributed by atoms with Crippen LogP contribution in [0.15, 0.2) is 0 Å².